The lowest BCUT2D eigenvalue weighted by Gasteiger charge is -2.35. The Morgan fingerprint density at radius 1 is 0.929 bits per heavy atom. The van der Waals surface area contributed by atoms with Crippen molar-refractivity contribution in [1.82, 2.24) is 0 Å². The highest BCUT2D eigenvalue weighted by Gasteiger charge is 2.42. The first kappa shape index (κ1) is 10.5. The summed E-state index contributed by atoms with van der Waals surface area (Å²) in [6.45, 7) is 7.14. The molecule has 1 heteroatoms. The van der Waals surface area contributed by atoms with Crippen molar-refractivity contribution in [1.29, 1.82) is 0 Å². The molecule has 6 unspecified atom stereocenters. The van der Waals surface area contributed by atoms with E-state index in [2.05, 4.69) is 20.8 Å². The summed E-state index contributed by atoms with van der Waals surface area (Å²) in [5.74, 6) is 4.43. The van der Waals surface area contributed by atoms with Gasteiger partial charge in [0.2, 0.25) is 0 Å². The van der Waals surface area contributed by atoms with E-state index in [1.54, 1.807) is 0 Å². The second-order valence-electron chi connectivity index (χ2n) is 5.98. The summed E-state index contributed by atoms with van der Waals surface area (Å²) in [7, 11) is 0. The Balaban J connectivity index is 1.86. The molecule has 2 aliphatic rings. The highest BCUT2D eigenvalue weighted by molar-refractivity contribution is 4.95. The zero-order valence-electron chi connectivity index (χ0n) is 9.87. The molecule has 2 aliphatic carbocycles. The van der Waals surface area contributed by atoms with Crippen LogP contribution in [0.4, 0.5) is 0 Å². The molecule has 2 rings (SSSR count). The molecule has 0 spiro atoms. The monoisotopic (exact) mass is 195 g/mol. The van der Waals surface area contributed by atoms with Crippen LogP contribution >= 0.6 is 0 Å². The zero-order chi connectivity index (χ0) is 10.3. The van der Waals surface area contributed by atoms with Crippen LogP contribution in [0, 0.1) is 29.6 Å². The molecule has 2 saturated carbocycles. The largest absolute Gasteiger partial charge is 0.327 e. The lowest BCUT2D eigenvalue weighted by atomic mass is 9.72. The number of hydrogen-bond donors (Lipinski definition) is 1. The Kier molecular flexibility index (Phi) is 2.88. The molecule has 0 aromatic rings. The van der Waals surface area contributed by atoms with E-state index in [0.717, 1.165) is 29.6 Å². The molecule has 0 radical (unpaired) electrons. The van der Waals surface area contributed by atoms with Gasteiger partial charge in [0.15, 0.2) is 0 Å². The topological polar surface area (TPSA) is 26.0 Å². The van der Waals surface area contributed by atoms with Gasteiger partial charge in [-0.2, -0.15) is 0 Å². The third-order valence-electron chi connectivity index (χ3n) is 4.85. The molecule has 1 nitrogen and oxygen atoms in total. The Hall–Kier alpha value is -0.0400. The average molecular weight is 195 g/mol. The summed E-state index contributed by atoms with van der Waals surface area (Å²) in [5, 5.41) is 0. The molecule has 14 heavy (non-hydrogen) atoms. The van der Waals surface area contributed by atoms with Gasteiger partial charge in [0, 0.05) is 6.04 Å². The third-order valence-corrected chi connectivity index (χ3v) is 4.85. The van der Waals surface area contributed by atoms with Crippen LogP contribution in [-0.4, -0.2) is 6.04 Å². The van der Waals surface area contributed by atoms with Crippen molar-refractivity contribution in [2.75, 3.05) is 0 Å². The van der Waals surface area contributed by atoms with Crippen LogP contribution in [0.15, 0.2) is 0 Å². The fraction of sp³-hybridized carbons (Fsp3) is 1.00. The van der Waals surface area contributed by atoms with Gasteiger partial charge in [-0.25, -0.2) is 0 Å². The van der Waals surface area contributed by atoms with Gasteiger partial charge in [-0.1, -0.05) is 27.2 Å². The zero-order valence-corrected chi connectivity index (χ0v) is 9.87. The summed E-state index contributed by atoms with van der Waals surface area (Å²) in [6.07, 6.45) is 5.56. The van der Waals surface area contributed by atoms with Crippen LogP contribution in [0.25, 0.3) is 0 Å². The van der Waals surface area contributed by atoms with Gasteiger partial charge < -0.3 is 5.73 Å². The molecule has 2 N–H and O–H groups in total. The SMILES string of the molecule is CC1CCC(C(N)C2CC2C)CC1C. The lowest BCUT2D eigenvalue weighted by molar-refractivity contribution is 0.176. The van der Waals surface area contributed by atoms with E-state index in [1.807, 2.05) is 0 Å². The van der Waals surface area contributed by atoms with E-state index in [1.165, 1.54) is 25.7 Å². The second-order valence-corrected chi connectivity index (χ2v) is 5.98. The Morgan fingerprint density at radius 3 is 2.07 bits per heavy atom. The smallest absolute Gasteiger partial charge is 0.00983 e. The molecule has 82 valence electrons. The Morgan fingerprint density at radius 2 is 1.57 bits per heavy atom. The standard InChI is InChI=1S/C13H25N/c1-8-4-5-11(6-9(8)2)13(14)12-7-10(12)3/h8-13H,4-7,14H2,1-3H3. The average Bonchev–Trinajstić information content (AvgIpc) is 2.86. The van der Waals surface area contributed by atoms with Gasteiger partial charge in [0.25, 0.3) is 0 Å². The van der Waals surface area contributed by atoms with Crippen molar-refractivity contribution < 1.29 is 0 Å². The van der Waals surface area contributed by atoms with E-state index in [9.17, 15) is 0 Å². The van der Waals surface area contributed by atoms with E-state index in [0.29, 0.717) is 6.04 Å². The number of rotatable bonds is 2. The molecule has 0 saturated heterocycles. The van der Waals surface area contributed by atoms with Crippen LogP contribution in [-0.2, 0) is 0 Å². The van der Waals surface area contributed by atoms with Crippen molar-refractivity contribution in [3.63, 3.8) is 0 Å². The minimum absolute atomic E-state index is 0.514. The predicted molar refractivity (Wildman–Crippen MR) is 60.9 cm³/mol. The maximum absolute atomic E-state index is 6.35. The molecule has 0 aromatic carbocycles. The molecular weight excluding hydrogens is 170 g/mol. The van der Waals surface area contributed by atoms with Gasteiger partial charge >= 0.3 is 0 Å². The molecule has 0 heterocycles. The molecular formula is C13H25N. The van der Waals surface area contributed by atoms with E-state index in [4.69, 9.17) is 5.73 Å². The first-order valence-electron chi connectivity index (χ1n) is 6.35. The van der Waals surface area contributed by atoms with Crippen LogP contribution in [0.2, 0.25) is 0 Å². The summed E-state index contributed by atoms with van der Waals surface area (Å²) < 4.78 is 0. The molecule has 0 bridgehead atoms. The minimum atomic E-state index is 0.514. The van der Waals surface area contributed by atoms with Gasteiger partial charge in [-0.05, 0) is 48.9 Å². The van der Waals surface area contributed by atoms with Gasteiger partial charge in [-0.3, -0.25) is 0 Å². The van der Waals surface area contributed by atoms with Gasteiger partial charge in [0.1, 0.15) is 0 Å². The van der Waals surface area contributed by atoms with Crippen LogP contribution in [0.1, 0.15) is 46.5 Å². The molecule has 0 aromatic heterocycles. The maximum atomic E-state index is 6.35. The van der Waals surface area contributed by atoms with Crippen molar-refractivity contribution >= 4 is 0 Å². The summed E-state index contributed by atoms with van der Waals surface area (Å²) in [4.78, 5) is 0. The molecule has 0 amide bonds. The Bertz CT molecular complexity index is 201. The summed E-state index contributed by atoms with van der Waals surface area (Å²) in [6, 6.07) is 0.514. The molecule has 2 fully saturated rings. The second kappa shape index (κ2) is 3.84. The van der Waals surface area contributed by atoms with E-state index >= 15 is 0 Å². The highest BCUT2D eigenvalue weighted by Crippen LogP contribution is 2.45. The van der Waals surface area contributed by atoms with Crippen molar-refractivity contribution in [2.45, 2.75) is 52.5 Å². The van der Waals surface area contributed by atoms with Crippen molar-refractivity contribution in [3.8, 4) is 0 Å². The van der Waals surface area contributed by atoms with E-state index < -0.39 is 0 Å². The van der Waals surface area contributed by atoms with Crippen LogP contribution < -0.4 is 5.73 Å². The Labute approximate surface area is 88.4 Å². The van der Waals surface area contributed by atoms with Crippen molar-refractivity contribution in [3.05, 3.63) is 0 Å². The quantitative estimate of drug-likeness (QED) is 0.720. The first-order chi connectivity index (χ1) is 6.59. The minimum Gasteiger partial charge on any atom is -0.327 e. The maximum Gasteiger partial charge on any atom is 0.00983 e. The van der Waals surface area contributed by atoms with Crippen molar-refractivity contribution in [2.24, 2.45) is 35.3 Å². The fourth-order valence-electron chi connectivity index (χ4n) is 3.18. The number of nitrogens with two attached hydrogens (primary N) is 1. The first-order valence-corrected chi connectivity index (χ1v) is 6.35. The normalized spacial score (nSPS) is 50.1. The highest BCUT2D eigenvalue weighted by atomic mass is 14.7. The summed E-state index contributed by atoms with van der Waals surface area (Å²) in [5.41, 5.74) is 6.35. The number of hydrogen-bond acceptors (Lipinski definition) is 1. The van der Waals surface area contributed by atoms with Crippen LogP contribution in [0.5, 0.6) is 0 Å². The summed E-state index contributed by atoms with van der Waals surface area (Å²) >= 11 is 0. The van der Waals surface area contributed by atoms with Gasteiger partial charge in [0.05, 0.1) is 0 Å². The molecule has 0 aliphatic heterocycles. The van der Waals surface area contributed by atoms with E-state index in [-0.39, 0.29) is 0 Å². The predicted octanol–water partition coefficient (Wildman–Crippen LogP) is 3.04. The third kappa shape index (κ3) is 1.98. The van der Waals surface area contributed by atoms with Gasteiger partial charge in [-0.15, -0.1) is 0 Å². The van der Waals surface area contributed by atoms with Crippen LogP contribution in [0.3, 0.4) is 0 Å². The lowest BCUT2D eigenvalue weighted by Crippen LogP contribution is -2.37. The molecule has 6 atom stereocenters. The fourth-order valence-corrected chi connectivity index (χ4v) is 3.18.